The Morgan fingerprint density at radius 2 is 1.43 bits per heavy atom. The molecule has 0 spiro atoms. The van der Waals surface area contributed by atoms with Gasteiger partial charge in [-0.3, -0.25) is 24.1 Å². The molecule has 6 heteroatoms. The fourth-order valence-electron chi connectivity index (χ4n) is 4.86. The van der Waals surface area contributed by atoms with Gasteiger partial charge in [0.15, 0.2) is 11.6 Å². The minimum Gasteiger partial charge on any atom is -0.374 e. The van der Waals surface area contributed by atoms with Crippen LogP contribution in [0.4, 0.5) is 0 Å². The third kappa shape index (κ3) is 3.71. The third-order valence-corrected chi connectivity index (χ3v) is 6.29. The summed E-state index contributed by atoms with van der Waals surface area (Å²) < 4.78 is 0. The van der Waals surface area contributed by atoms with Crippen LogP contribution in [0.3, 0.4) is 0 Å². The van der Waals surface area contributed by atoms with Crippen LogP contribution >= 0.6 is 0 Å². The molecule has 2 amide bonds. The minimum atomic E-state index is -0.298. The molecule has 1 aliphatic carbocycles. The van der Waals surface area contributed by atoms with Gasteiger partial charge in [-0.05, 0) is 43.2 Å². The number of imide groups is 1. The van der Waals surface area contributed by atoms with E-state index in [-0.39, 0.29) is 35.3 Å². The van der Waals surface area contributed by atoms with Crippen molar-refractivity contribution >= 4 is 23.4 Å². The second kappa shape index (κ2) is 7.82. The predicted molar refractivity (Wildman–Crippen MR) is 112 cm³/mol. The molecule has 1 aromatic carbocycles. The first-order chi connectivity index (χ1) is 14.3. The molecule has 3 aliphatic rings. The standard InChI is InChI=1S/C24H28N2O4/c1-24(2)14-19(27)21(20(28)15-24)18(25-11-5-6-12-25)10-7-13-26-22(29)16-8-3-4-9-17(16)23(26)30/h3-4,8-9H,5-7,10-15H2,1-2H3. The minimum absolute atomic E-state index is 0.0705. The molecule has 1 saturated heterocycles. The zero-order chi connectivity index (χ0) is 21.5. The van der Waals surface area contributed by atoms with Crippen molar-refractivity contribution in [3.63, 3.8) is 0 Å². The lowest BCUT2D eigenvalue weighted by Gasteiger charge is -2.32. The van der Waals surface area contributed by atoms with E-state index in [1.807, 2.05) is 13.8 Å². The fraction of sp³-hybridized carbons (Fsp3) is 0.500. The summed E-state index contributed by atoms with van der Waals surface area (Å²) >= 11 is 0. The molecule has 4 rings (SSSR count). The summed E-state index contributed by atoms with van der Waals surface area (Å²) in [6, 6.07) is 6.86. The highest BCUT2D eigenvalue weighted by atomic mass is 16.2. The molecule has 0 atom stereocenters. The molecule has 0 radical (unpaired) electrons. The summed E-state index contributed by atoms with van der Waals surface area (Å²) in [4.78, 5) is 54.4. The number of Topliss-reactive ketones (excluding diaryl/α,β-unsaturated/α-hetero) is 2. The number of carbonyl (C=O) groups is 4. The van der Waals surface area contributed by atoms with E-state index < -0.39 is 0 Å². The van der Waals surface area contributed by atoms with Gasteiger partial charge in [-0.2, -0.15) is 0 Å². The number of rotatable bonds is 5. The Hall–Kier alpha value is -2.76. The van der Waals surface area contributed by atoms with Gasteiger partial charge < -0.3 is 4.90 Å². The van der Waals surface area contributed by atoms with E-state index in [4.69, 9.17) is 0 Å². The Morgan fingerprint density at radius 3 is 1.97 bits per heavy atom. The number of fused-ring (bicyclic) bond motifs is 1. The van der Waals surface area contributed by atoms with E-state index in [1.165, 1.54) is 4.90 Å². The number of hydrogen-bond donors (Lipinski definition) is 0. The van der Waals surface area contributed by atoms with Crippen LogP contribution in [0.25, 0.3) is 0 Å². The van der Waals surface area contributed by atoms with E-state index in [2.05, 4.69) is 4.90 Å². The van der Waals surface area contributed by atoms with Crippen LogP contribution < -0.4 is 0 Å². The number of allylic oxidation sites excluding steroid dienone is 2. The van der Waals surface area contributed by atoms with Crippen molar-refractivity contribution in [2.75, 3.05) is 19.6 Å². The molecule has 0 unspecified atom stereocenters. The zero-order valence-corrected chi connectivity index (χ0v) is 17.7. The van der Waals surface area contributed by atoms with E-state index in [0.717, 1.165) is 31.6 Å². The van der Waals surface area contributed by atoms with Gasteiger partial charge in [-0.25, -0.2) is 0 Å². The number of ketones is 2. The number of benzene rings is 1. The topological polar surface area (TPSA) is 74.8 Å². The first-order valence-electron chi connectivity index (χ1n) is 10.8. The van der Waals surface area contributed by atoms with E-state index >= 15 is 0 Å². The van der Waals surface area contributed by atoms with Gasteiger partial charge in [-0.1, -0.05) is 26.0 Å². The Kier molecular flexibility index (Phi) is 5.35. The van der Waals surface area contributed by atoms with Crippen LogP contribution in [-0.2, 0) is 9.59 Å². The van der Waals surface area contributed by atoms with Crippen LogP contribution in [0.2, 0.25) is 0 Å². The maximum absolute atomic E-state index is 12.9. The summed E-state index contributed by atoms with van der Waals surface area (Å²) in [7, 11) is 0. The molecular formula is C24H28N2O4. The maximum atomic E-state index is 12.9. The molecule has 2 fully saturated rings. The number of hydrogen-bond acceptors (Lipinski definition) is 5. The van der Waals surface area contributed by atoms with Crippen molar-refractivity contribution in [1.82, 2.24) is 9.80 Å². The van der Waals surface area contributed by atoms with Gasteiger partial charge in [0.05, 0.1) is 16.7 Å². The van der Waals surface area contributed by atoms with Crippen molar-refractivity contribution in [2.24, 2.45) is 5.41 Å². The second-order valence-corrected chi connectivity index (χ2v) is 9.29. The molecule has 1 saturated carbocycles. The summed E-state index contributed by atoms with van der Waals surface area (Å²) in [5.74, 6) is -0.673. The van der Waals surface area contributed by atoms with Crippen molar-refractivity contribution in [1.29, 1.82) is 0 Å². The molecule has 0 aromatic heterocycles. The van der Waals surface area contributed by atoms with Gasteiger partial charge in [0.2, 0.25) is 0 Å². The summed E-state index contributed by atoms with van der Waals surface area (Å²) in [5.41, 5.74) is 1.77. The van der Waals surface area contributed by atoms with Gasteiger partial charge in [0.1, 0.15) is 0 Å². The van der Waals surface area contributed by atoms with Crippen molar-refractivity contribution in [2.45, 2.75) is 52.4 Å². The summed E-state index contributed by atoms with van der Waals surface area (Å²) in [5, 5.41) is 0. The Morgan fingerprint density at radius 1 is 0.900 bits per heavy atom. The van der Waals surface area contributed by atoms with Crippen molar-refractivity contribution < 1.29 is 19.2 Å². The average Bonchev–Trinajstić information content (AvgIpc) is 3.29. The molecule has 2 aliphatic heterocycles. The third-order valence-electron chi connectivity index (χ3n) is 6.29. The van der Waals surface area contributed by atoms with Crippen LogP contribution in [0.1, 0.15) is 73.1 Å². The lowest BCUT2D eigenvalue weighted by Crippen LogP contribution is -2.35. The first-order valence-corrected chi connectivity index (χ1v) is 10.8. The number of likely N-dealkylation sites (tertiary alicyclic amines) is 1. The Balaban J connectivity index is 1.52. The van der Waals surface area contributed by atoms with Crippen LogP contribution in [0.5, 0.6) is 0 Å². The highest BCUT2D eigenvalue weighted by Gasteiger charge is 2.39. The Bertz CT molecular complexity index is 897. The molecule has 30 heavy (non-hydrogen) atoms. The zero-order valence-electron chi connectivity index (χ0n) is 17.7. The lowest BCUT2D eigenvalue weighted by atomic mass is 9.73. The average molecular weight is 408 g/mol. The van der Waals surface area contributed by atoms with E-state index in [9.17, 15) is 19.2 Å². The molecule has 6 nitrogen and oxygen atoms in total. The Labute approximate surface area is 176 Å². The van der Waals surface area contributed by atoms with Crippen molar-refractivity contribution in [3.8, 4) is 0 Å². The number of amides is 2. The normalized spacial score (nSPS) is 20.9. The molecule has 2 heterocycles. The smallest absolute Gasteiger partial charge is 0.261 e. The van der Waals surface area contributed by atoms with Crippen LogP contribution in [0.15, 0.2) is 35.5 Å². The van der Waals surface area contributed by atoms with E-state index in [0.29, 0.717) is 42.4 Å². The van der Waals surface area contributed by atoms with Gasteiger partial charge in [0.25, 0.3) is 11.8 Å². The molecule has 0 N–H and O–H groups in total. The van der Waals surface area contributed by atoms with Gasteiger partial charge in [0, 0.05) is 38.2 Å². The van der Waals surface area contributed by atoms with Crippen LogP contribution in [-0.4, -0.2) is 52.8 Å². The predicted octanol–water partition coefficient (Wildman–Crippen LogP) is 3.37. The highest BCUT2D eigenvalue weighted by molar-refractivity contribution is 6.23. The highest BCUT2D eigenvalue weighted by Crippen LogP contribution is 2.36. The van der Waals surface area contributed by atoms with Gasteiger partial charge >= 0.3 is 0 Å². The molecule has 158 valence electrons. The lowest BCUT2D eigenvalue weighted by molar-refractivity contribution is -0.127. The largest absolute Gasteiger partial charge is 0.374 e. The first kappa shape index (κ1) is 20.5. The van der Waals surface area contributed by atoms with E-state index in [1.54, 1.807) is 24.3 Å². The number of nitrogens with zero attached hydrogens (tertiary/aromatic N) is 2. The molecule has 1 aromatic rings. The van der Waals surface area contributed by atoms with Crippen LogP contribution in [0, 0.1) is 5.41 Å². The summed E-state index contributed by atoms with van der Waals surface area (Å²) in [6.07, 6.45) is 3.89. The number of carbonyl (C=O) groups excluding carboxylic acids is 4. The second-order valence-electron chi connectivity index (χ2n) is 9.29. The van der Waals surface area contributed by atoms with Crippen molar-refractivity contribution in [3.05, 3.63) is 46.7 Å². The van der Waals surface area contributed by atoms with Gasteiger partial charge in [-0.15, -0.1) is 0 Å². The quantitative estimate of drug-likeness (QED) is 0.424. The molecule has 0 bridgehead atoms. The molecular weight excluding hydrogens is 380 g/mol. The summed E-state index contributed by atoms with van der Waals surface area (Å²) in [6.45, 7) is 5.88. The maximum Gasteiger partial charge on any atom is 0.261 e. The SMILES string of the molecule is CC1(C)CC(=O)C(=C(CCCN2C(=O)c3ccccc3C2=O)N2CCCC2)C(=O)C1. The monoisotopic (exact) mass is 408 g/mol. The fourth-order valence-corrected chi connectivity index (χ4v) is 4.86.